The molecule has 0 aromatic heterocycles. The number of rotatable bonds is 7. The molecule has 0 radical (unpaired) electrons. The predicted octanol–water partition coefficient (Wildman–Crippen LogP) is 4.55. The van der Waals surface area contributed by atoms with Gasteiger partial charge < -0.3 is 9.47 Å². The highest BCUT2D eigenvalue weighted by Crippen LogP contribution is 2.32. The fraction of sp³-hybridized carbons (Fsp3) is 0.538. The zero-order chi connectivity index (χ0) is 12.7. The largest absolute Gasteiger partial charge is 0.490 e. The monoisotopic (exact) mass is 320 g/mol. The zero-order valence-electron chi connectivity index (χ0n) is 10.2. The van der Waals surface area contributed by atoms with Gasteiger partial charge in [0.25, 0.3) is 0 Å². The highest BCUT2D eigenvalue weighted by Gasteiger charge is 2.09. The molecule has 0 saturated heterocycles. The van der Waals surface area contributed by atoms with Crippen LogP contribution in [0.25, 0.3) is 0 Å². The molecule has 0 aliphatic rings. The summed E-state index contributed by atoms with van der Waals surface area (Å²) in [6.45, 7) is 3.27. The molecular weight excluding hydrogens is 303 g/mol. The number of halogens is 2. The smallest absolute Gasteiger partial charge is 0.133 e. The van der Waals surface area contributed by atoms with Gasteiger partial charge in [0, 0.05) is 7.11 Å². The lowest BCUT2D eigenvalue weighted by atomic mass is 10.1. The average Bonchev–Trinajstić information content (AvgIpc) is 2.31. The quantitative estimate of drug-likeness (QED) is 0.541. The Bertz CT molecular complexity index is 344. The van der Waals surface area contributed by atoms with Crippen molar-refractivity contribution in [3.8, 4) is 5.75 Å². The van der Waals surface area contributed by atoms with Crippen LogP contribution in [0.5, 0.6) is 5.75 Å². The van der Waals surface area contributed by atoms with Gasteiger partial charge in [-0.05, 0) is 40.0 Å². The summed E-state index contributed by atoms with van der Waals surface area (Å²) < 4.78 is 11.4. The lowest BCUT2D eigenvalue weighted by Gasteiger charge is -2.12. The van der Waals surface area contributed by atoms with Crippen molar-refractivity contribution in [3.63, 3.8) is 0 Å². The second-order valence-electron chi connectivity index (χ2n) is 3.79. The van der Waals surface area contributed by atoms with E-state index in [2.05, 4.69) is 22.9 Å². The van der Waals surface area contributed by atoms with Crippen LogP contribution in [0.2, 0.25) is 0 Å². The highest BCUT2D eigenvalue weighted by atomic mass is 79.9. The van der Waals surface area contributed by atoms with E-state index in [-0.39, 0.29) is 5.38 Å². The molecule has 0 N–H and O–H groups in total. The maximum atomic E-state index is 6.28. The van der Waals surface area contributed by atoms with Crippen LogP contribution in [0.1, 0.15) is 30.7 Å². The zero-order valence-corrected chi connectivity index (χ0v) is 12.6. The Hall–Kier alpha value is -0.250. The van der Waals surface area contributed by atoms with E-state index in [9.17, 15) is 0 Å². The summed E-state index contributed by atoms with van der Waals surface area (Å²) in [4.78, 5) is 0. The summed E-state index contributed by atoms with van der Waals surface area (Å²) in [5.41, 5.74) is 1.12. The summed E-state index contributed by atoms with van der Waals surface area (Å²) in [6.07, 6.45) is 2.07. The number of benzene rings is 1. The Morgan fingerprint density at radius 2 is 2.12 bits per heavy atom. The number of ether oxygens (including phenoxy) is 2. The molecule has 1 unspecified atom stereocenters. The van der Waals surface area contributed by atoms with E-state index >= 15 is 0 Å². The molecule has 17 heavy (non-hydrogen) atoms. The molecule has 1 atom stereocenters. The first kappa shape index (κ1) is 14.8. The van der Waals surface area contributed by atoms with Crippen molar-refractivity contribution in [2.75, 3.05) is 20.3 Å². The first-order valence-electron chi connectivity index (χ1n) is 5.74. The topological polar surface area (TPSA) is 18.5 Å². The van der Waals surface area contributed by atoms with Crippen LogP contribution in [0.15, 0.2) is 22.7 Å². The Balaban J connectivity index is 2.65. The Kier molecular flexibility index (Phi) is 6.93. The van der Waals surface area contributed by atoms with Gasteiger partial charge >= 0.3 is 0 Å². The Labute approximate surface area is 116 Å². The number of hydrogen-bond acceptors (Lipinski definition) is 2. The first-order chi connectivity index (χ1) is 8.19. The van der Waals surface area contributed by atoms with Crippen molar-refractivity contribution in [1.82, 2.24) is 0 Å². The molecule has 96 valence electrons. The molecule has 0 amide bonds. The van der Waals surface area contributed by atoms with Crippen LogP contribution < -0.4 is 4.74 Å². The van der Waals surface area contributed by atoms with Crippen LogP contribution in [0, 0.1) is 0 Å². The van der Waals surface area contributed by atoms with E-state index in [1.54, 1.807) is 7.11 Å². The molecule has 0 bridgehead atoms. The molecule has 0 heterocycles. The Morgan fingerprint density at radius 3 is 2.71 bits per heavy atom. The van der Waals surface area contributed by atoms with E-state index < -0.39 is 0 Å². The minimum atomic E-state index is 0.0734. The third kappa shape index (κ3) is 4.86. The van der Waals surface area contributed by atoms with Crippen molar-refractivity contribution in [3.05, 3.63) is 28.2 Å². The molecule has 0 saturated carbocycles. The summed E-state index contributed by atoms with van der Waals surface area (Å²) >= 11 is 9.77. The molecule has 0 fully saturated rings. The van der Waals surface area contributed by atoms with Crippen molar-refractivity contribution in [1.29, 1.82) is 0 Å². The van der Waals surface area contributed by atoms with E-state index in [0.717, 1.165) is 28.6 Å². The van der Waals surface area contributed by atoms with Crippen LogP contribution in [-0.4, -0.2) is 20.3 Å². The number of alkyl halides is 1. The summed E-state index contributed by atoms with van der Waals surface area (Å²) in [5.74, 6) is 0.825. The lowest BCUT2D eigenvalue weighted by Crippen LogP contribution is -2.04. The van der Waals surface area contributed by atoms with Crippen molar-refractivity contribution in [2.45, 2.75) is 25.1 Å². The lowest BCUT2D eigenvalue weighted by molar-refractivity contribution is 0.146. The van der Waals surface area contributed by atoms with Gasteiger partial charge in [-0.1, -0.05) is 19.4 Å². The van der Waals surface area contributed by atoms with Crippen LogP contribution >= 0.6 is 27.5 Å². The summed E-state index contributed by atoms with van der Waals surface area (Å²) in [5, 5.41) is 0.0734. The minimum Gasteiger partial charge on any atom is -0.490 e. The number of methoxy groups -OCH3 is 1. The minimum absolute atomic E-state index is 0.0734. The average molecular weight is 322 g/mol. The predicted molar refractivity (Wildman–Crippen MR) is 75.0 cm³/mol. The van der Waals surface area contributed by atoms with Gasteiger partial charge in [0.15, 0.2) is 0 Å². The molecule has 1 aromatic carbocycles. The standard InChI is InChI=1S/C13H18BrClO2/c1-3-4-12(15)10-5-6-13(11(14)9-10)17-8-7-16-2/h5-6,9,12H,3-4,7-8H2,1-2H3. The highest BCUT2D eigenvalue weighted by molar-refractivity contribution is 9.10. The summed E-state index contributed by atoms with van der Waals surface area (Å²) in [7, 11) is 1.66. The number of hydrogen-bond donors (Lipinski definition) is 0. The maximum absolute atomic E-state index is 6.28. The second kappa shape index (κ2) is 7.96. The normalized spacial score (nSPS) is 12.5. The molecule has 4 heteroatoms. The van der Waals surface area contributed by atoms with Crippen molar-refractivity contribution < 1.29 is 9.47 Å². The third-order valence-electron chi connectivity index (χ3n) is 2.40. The van der Waals surface area contributed by atoms with Crippen molar-refractivity contribution >= 4 is 27.5 Å². The fourth-order valence-electron chi connectivity index (χ4n) is 1.48. The van der Waals surface area contributed by atoms with E-state index in [1.165, 1.54) is 0 Å². The van der Waals surface area contributed by atoms with E-state index in [4.69, 9.17) is 21.1 Å². The SMILES string of the molecule is CCCC(Cl)c1ccc(OCCOC)c(Br)c1. The molecule has 1 aromatic rings. The molecule has 0 spiro atoms. The molecule has 0 aliphatic heterocycles. The van der Waals surface area contributed by atoms with Crippen molar-refractivity contribution in [2.24, 2.45) is 0 Å². The third-order valence-corrected chi connectivity index (χ3v) is 3.49. The summed E-state index contributed by atoms with van der Waals surface area (Å²) in [6, 6.07) is 5.98. The maximum Gasteiger partial charge on any atom is 0.133 e. The van der Waals surface area contributed by atoms with Gasteiger partial charge in [-0.3, -0.25) is 0 Å². The molecular formula is C13H18BrClO2. The van der Waals surface area contributed by atoms with E-state index in [0.29, 0.717) is 13.2 Å². The van der Waals surface area contributed by atoms with Crippen LogP contribution in [-0.2, 0) is 4.74 Å². The Morgan fingerprint density at radius 1 is 1.35 bits per heavy atom. The van der Waals surface area contributed by atoms with Gasteiger partial charge in [-0.15, -0.1) is 11.6 Å². The van der Waals surface area contributed by atoms with Gasteiger partial charge in [0.1, 0.15) is 12.4 Å². The fourth-order valence-corrected chi connectivity index (χ4v) is 2.35. The first-order valence-corrected chi connectivity index (χ1v) is 6.97. The van der Waals surface area contributed by atoms with E-state index in [1.807, 2.05) is 18.2 Å². The van der Waals surface area contributed by atoms with Gasteiger partial charge in [0.05, 0.1) is 16.5 Å². The van der Waals surface area contributed by atoms with Gasteiger partial charge in [-0.25, -0.2) is 0 Å². The van der Waals surface area contributed by atoms with Crippen LogP contribution in [0.3, 0.4) is 0 Å². The van der Waals surface area contributed by atoms with Gasteiger partial charge in [0.2, 0.25) is 0 Å². The second-order valence-corrected chi connectivity index (χ2v) is 5.17. The molecule has 0 aliphatic carbocycles. The molecule has 2 nitrogen and oxygen atoms in total. The van der Waals surface area contributed by atoms with Crippen LogP contribution in [0.4, 0.5) is 0 Å². The van der Waals surface area contributed by atoms with Gasteiger partial charge in [-0.2, -0.15) is 0 Å². The molecule has 1 rings (SSSR count).